The maximum absolute atomic E-state index is 5.69. The standard InChI is InChI=1S/C24H34BO2/c1-3-21(15-17-23-11-7-5-8-12-23)19-26-25-27-20-22(4-2)16-18-24-13-9-6-10-14-24/h5-14,21-22H,3-4,15-20H2,1-2H3. The van der Waals surface area contributed by atoms with Gasteiger partial charge in [0.1, 0.15) is 0 Å². The largest absolute Gasteiger partial charge is 0.488 e. The fraction of sp³-hybridized carbons (Fsp3) is 0.500. The van der Waals surface area contributed by atoms with Gasteiger partial charge in [-0.1, -0.05) is 87.4 Å². The van der Waals surface area contributed by atoms with Crippen LogP contribution in [0.15, 0.2) is 60.7 Å². The highest BCUT2D eigenvalue weighted by Gasteiger charge is 2.10. The van der Waals surface area contributed by atoms with Crippen molar-refractivity contribution in [3.05, 3.63) is 71.8 Å². The predicted octanol–water partition coefficient (Wildman–Crippen LogP) is 5.87. The van der Waals surface area contributed by atoms with E-state index in [1.165, 1.54) is 11.1 Å². The Morgan fingerprint density at radius 3 is 1.44 bits per heavy atom. The Labute approximate surface area is 166 Å². The van der Waals surface area contributed by atoms with Gasteiger partial charge < -0.3 is 9.31 Å². The minimum absolute atomic E-state index is 0.574. The molecule has 2 aromatic carbocycles. The summed E-state index contributed by atoms with van der Waals surface area (Å²) < 4.78 is 11.4. The van der Waals surface area contributed by atoms with E-state index in [0.29, 0.717) is 11.8 Å². The van der Waals surface area contributed by atoms with Crippen LogP contribution in [0.4, 0.5) is 0 Å². The molecule has 0 aliphatic heterocycles. The molecule has 0 aromatic heterocycles. The second kappa shape index (κ2) is 13.6. The third kappa shape index (κ3) is 9.26. The molecule has 145 valence electrons. The number of hydrogen-bond donors (Lipinski definition) is 0. The van der Waals surface area contributed by atoms with Gasteiger partial charge in [-0.2, -0.15) is 0 Å². The normalized spacial score (nSPS) is 13.3. The minimum atomic E-state index is 0.574. The lowest BCUT2D eigenvalue weighted by Gasteiger charge is -2.17. The molecule has 0 saturated heterocycles. The molecular weight excluding hydrogens is 331 g/mol. The fourth-order valence-electron chi connectivity index (χ4n) is 3.24. The monoisotopic (exact) mass is 365 g/mol. The molecule has 3 heteroatoms. The van der Waals surface area contributed by atoms with Crippen molar-refractivity contribution in [2.45, 2.75) is 52.4 Å². The van der Waals surface area contributed by atoms with Crippen molar-refractivity contribution in [1.82, 2.24) is 0 Å². The Hall–Kier alpha value is -1.58. The molecule has 0 amide bonds. The third-order valence-electron chi connectivity index (χ3n) is 5.32. The average Bonchev–Trinajstić information content (AvgIpc) is 2.73. The van der Waals surface area contributed by atoms with E-state index in [-0.39, 0.29) is 0 Å². The third-order valence-corrected chi connectivity index (χ3v) is 5.32. The molecule has 1 radical (unpaired) electrons. The lowest BCUT2D eigenvalue weighted by atomic mass is 9.97. The van der Waals surface area contributed by atoms with Gasteiger partial charge >= 0.3 is 7.69 Å². The molecule has 0 N–H and O–H groups in total. The quantitative estimate of drug-likeness (QED) is 0.308. The van der Waals surface area contributed by atoms with E-state index in [4.69, 9.17) is 9.31 Å². The van der Waals surface area contributed by atoms with Crippen LogP contribution in [-0.4, -0.2) is 20.9 Å². The van der Waals surface area contributed by atoms with Gasteiger partial charge in [0.15, 0.2) is 0 Å². The van der Waals surface area contributed by atoms with Gasteiger partial charge in [-0.3, -0.25) is 0 Å². The van der Waals surface area contributed by atoms with Crippen LogP contribution in [0.1, 0.15) is 50.7 Å². The SMILES string of the molecule is CCC(CCc1ccccc1)CO[B]OCC(CC)CCc1ccccc1. The molecule has 0 fully saturated rings. The molecule has 0 saturated carbocycles. The Morgan fingerprint density at radius 1 is 0.667 bits per heavy atom. The van der Waals surface area contributed by atoms with E-state index in [1.807, 2.05) is 0 Å². The summed E-state index contributed by atoms with van der Waals surface area (Å²) in [4.78, 5) is 0. The average molecular weight is 365 g/mol. The molecule has 0 bridgehead atoms. The van der Waals surface area contributed by atoms with Crippen LogP contribution in [0.25, 0.3) is 0 Å². The highest BCUT2D eigenvalue weighted by molar-refractivity contribution is 6.17. The van der Waals surface area contributed by atoms with E-state index in [2.05, 4.69) is 74.5 Å². The van der Waals surface area contributed by atoms with Crippen LogP contribution in [0.2, 0.25) is 0 Å². The van der Waals surface area contributed by atoms with E-state index in [1.54, 1.807) is 7.69 Å². The van der Waals surface area contributed by atoms with Gasteiger partial charge in [-0.05, 0) is 48.6 Å². The lowest BCUT2D eigenvalue weighted by molar-refractivity contribution is 0.161. The molecule has 27 heavy (non-hydrogen) atoms. The van der Waals surface area contributed by atoms with Crippen LogP contribution >= 0.6 is 0 Å². The zero-order valence-corrected chi connectivity index (χ0v) is 17.0. The van der Waals surface area contributed by atoms with E-state index in [9.17, 15) is 0 Å². The predicted molar refractivity (Wildman–Crippen MR) is 115 cm³/mol. The van der Waals surface area contributed by atoms with Crippen molar-refractivity contribution in [3.63, 3.8) is 0 Å². The Kier molecular flexibility index (Phi) is 10.9. The van der Waals surface area contributed by atoms with Gasteiger partial charge in [0, 0.05) is 13.2 Å². The Balaban J connectivity index is 1.56. The van der Waals surface area contributed by atoms with Crippen LogP contribution in [0, 0.1) is 11.8 Å². The molecule has 0 heterocycles. The van der Waals surface area contributed by atoms with E-state index < -0.39 is 0 Å². The highest BCUT2D eigenvalue weighted by atomic mass is 16.6. The molecule has 2 aromatic rings. The zero-order chi connectivity index (χ0) is 19.2. The van der Waals surface area contributed by atoms with Gasteiger partial charge in [-0.25, -0.2) is 0 Å². The second-order valence-corrected chi connectivity index (χ2v) is 7.36. The van der Waals surface area contributed by atoms with E-state index in [0.717, 1.165) is 51.7 Å². The summed E-state index contributed by atoms with van der Waals surface area (Å²) in [5.74, 6) is 1.15. The number of rotatable bonds is 14. The minimum Gasteiger partial charge on any atom is -0.413 e. The molecule has 2 unspecified atom stereocenters. The first kappa shape index (κ1) is 21.7. The number of benzene rings is 2. The fourth-order valence-corrected chi connectivity index (χ4v) is 3.24. The summed E-state index contributed by atoms with van der Waals surface area (Å²) in [5.41, 5.74) is 2.81. The first-order valence-corrected chi connectivity index (χ1v) is 10.4. The van der Waals surface area contributed by atoms with Gasteiger partial charge in [0.2, 0.25) is 0 Å². The topological polar surface area (TPSA) is 18.5 Å². The molecule has 2 rings (SSSR count). The summed E-state index contributed by atoms with van der Waals surface area (Å²) in [6, 6.07) is 21.4. The van der Waals surface area contributed by atoms with Crippen LogP contribution in [0.3, 0.4) is 0 Å². The first-order chi connectivity index (χ1) is 13.3. The summed E-state index contributed by atoms with van der Waals surface area (Å²) in [5, 5.41) is 0. The van der Waals surface area contributed by atoms with Gasteiger partial charge in [-0.15, -0.1) is 0 Å². The molecule has 0 spiro atoms. The van der Waals surface area contributed by atoms with Crippen LogP contribution < -0.4 is 0 Å². The smallest absolute Gasteiger partial charge is 0.413 e. The molecule has 2 nitrogen and oxygen atoms in total. The van der Waals surface area contributed by atoms with Crippen molar-refractivity contribution in [3.8, 4) is 0 Å². The van der Waals surface area contributed by atoms with E-state index >= 15 is 0 Å². The summed E-state index contributed by atoms with van der Waals surface area (Å²) in [6.45, 7) is 5.95. The Morgan fingerprint density at radius 2 is 1.07 bits per heavy atom. The molecule has 0 aliphatic rings. The van der Waals surface area contributed by atoms with Crippen LogP contribution in [-0.2, 0) is 22.2 Å². The number of hydrogen-bond acceptors (Lipinski definition) is 2. The molecule has 2 atom stereocenters. The first-order valence-electron chi connectivity index (χ1n) is 10.4. The lowest BCUT2D eigenvalue weighted by Crippen LogP contribution is -2.17. The van der Waals surface area contributed by atoms with Gasteiger partial charge in [0.05, 0.1) is 0 Å². The van der Waals surface area contributed by atoms with Gasteiger partial charge in [0.25, 0.3) is 0 Å². The second-order valence-electron chi connectivity index (χ2n) is 7.36. The number of aryl methyl sites for hydroxylation is 2. The Bertz CT molecular complexity index is 534. The highest BCUT2D eigenvalue weighted by Crippen LogP contribution is 2.15. The summed E-state index contributed by atoms with van der Waals surface area (Å²) >= 11 is 0. The summed E-state index contributed by atoms with van der Waals surface area (Å²) in [7, 11) is 1.57. The van der Waals surface area contributed by atoms with Crippen LogP contribution in [0.5, 0.6) is 0 Å². The van der Waals surface area contributed by atoms with Crippen molar-refractivity contribution >= 4 is 7.69 Å². The van der Waals surface area contributed by atoms with Crippen molar-refractivity contribution in [1.29, 1.82) is 0 Å². The van der Waals surface area contributed by atoms with Crippen molar-refractivity contribution in [2.75, 3.05) is 13.2 Å². The van der Waals surface area contributed by atoms with Crippen molar-refractivity contribution < 1.29 is 9.31 Å². The molecule has 0 aliphatic carbocycles. The maximum atomic E-state index is 5.69. The maximum Gasteiger partial charge on any atom is 0.488 e. The van der Waals surface area contributed by atoms with Crippen molar-refractivity contribution in [2.24, 2.45) is 11.8 Å². The summed E-state index contributed by atoms with van der Waals surface area (Å²) in [6.07, 6.45) is 6.80. The molecular formula is C24H34BO2. The zero-order valence-electron chi connectivity index (χ0n) is 17.0.